The number of nitrogens with zero attached hydrogens (tertiary/aromatic N) is 4. The van der Waals surface area contributed by atoms with Gasteiger partial charge in [0, 0.05) is 0 Å². The Morgan fingerprint density at radius 3 is 2.96 bits per heavy atom. The van der Waals surface area contributed by atoms with Gasteiger partial charge in [-0.25, -0.2) is 9.97 Å². The van der Waals surface area contributed by atoms with Gasteiger partial charge in [0.1, 0.15) is 4.60 Å². The van der Waals surface area contributed by atoms with Gasteiger partial charge < -0.3 is 10.5 Å². The molecule has 2 aromatic heterocycles. The fourth-order valence-electron chi connectivity index (χ4n) is 5.29. The molecule has 7 heteroatoms. The molecular formula is C18H22BrN5O. The lowest BCUT2D eigenvalue weighted by Crippen LogP contribution is -2.33. The number of fused-ring (bicyclic) bond motifs is 1. The third-order valence-corrected chi connectivity index (χ3v) is 6.82. The molecule has 5 atom stereocenters. The number of rotatable bonds is 3. The van der Waals surface area contributed by atoms with Gasteiger partial charge in [-0.05, 0) is 78.1 Å². The number of hydrogen-bond donors (Lipinski definition) is 1. The number of nitrogens with two attached hydrogens (primary N) is 1. The van der Waals surface area contributed by atoms with Crippen LogP contribution in [0.5, 0.6) is 11.6 Å². The molecule has 0 saturated heterocycles. The molecule has 3 fully saturated rings. The summed E-state index contributed by atoms with van der Waals surface area (Å²) in [4.78, 5) is 8.28. The van der Waals surface area contributed by atoms with Crippen LogP contribution in [-0.4, -0.2) is 19.7 Å². The van der Waals surface area contributed by atoms with Crippen molar-refractivity contribution in [3.8, 4) is 11.6 Å². The molecule has 6 nitrogen and oxygen atoms in total. The van der Waals surface area contributed by atoms with Gasteiger partial charge in [-0.15, -0.1) is 0 Å². The molecule has 3 aliphatic rings. The topological polar surface area (TPSA) is 78.8 Å². The molecule has 132 valence electrons. The summed E-state index contributed by atoms with van der Waals surface area (Å²) in [6.45, 7) is 0. The molecule has 2 unspecified atom stereocenters. The van der Waals surface area contributed by atoms with Crippen LogP contribution in [0.15, 0.2) is 23.2 Å². The molecule has 2 heterocycles. The number of nitrogen functional groups attached to an aromatic ring is 1. The highest BCUT2D eigenvalue weighted by atomic mass is 79.9. The summed E-state index contributed by atoms with van der Waals surface area (Å²) in [6, 6.07) is 0.480. The van der Waals surface area contributed by atoms with Gasteiger partial charge in [-0.3, -0.25) is 4.68 Å². The monoisotopic (exact) mass is 403 g/mol. The minimum Gasteiger partial charge on any atom is -0.433 e. The van der Waals surface area contributed by atoms with E-state index in [9.17, 15) is 0 Å². The normalized spacial score (nSPS) is 33.4. The Morgan fingerprint density at radius 1 is 1.12 bits per heavy atom. The van der Waals surface area contributed by atoms with E-state index in [1.54, 1.807) is 12.4 Å². The molecule has 3 aliphatic carbocycles. The zero-order valence-corrected chi connectivity index (χ0v) is 15.6. The van der Waals surface area contributed by atoms with E-state index in [1.165, 1.54) is 38.5 Å². The van der Waals surface area contributed by atoms with Crippen LogP contribution < -0.4 is 10.5 Å². The van der Waals surface area contributed by atoms with Crippen molar-refractivity contribution in [1.82, 2.24) is 19.7 Å². The van der Waals surface area contributed by atoms with Crippen molar-refractivity contribution in [2.75, 3.05) is 5.73 Å². The number of ether oxygens (including phenoxy) is 1. The van der Waals surface area contributed by atoms with E-state index >= 15 is 0 Å². The number of aromatic nitrogens is 4. The maximum Gasteiger partial charge on any atom is 0.263 e. The SMILES string of the molecule is Nc1ncc(Br)nc1Oc1cnn([C@H]2CC[C@H]3CC4C[C@@H](CC43)C2)c1. The Morgan fingerprint density at radius 2 is 2.04 bits per heavy atom. The first-order chi connectivity index (χ1) is 12.2. The van der Waals surface area contributed by atoms with E-state index in [4.69, 9.17) is 10.5 Å². The summed E-state index contributed by atoms with van der Waals surface area (Å²) in [5, 5.41) is 4.57. The molecule has 0 spiro atoms. The first-order valence-corrected chi connectivity index (χ1v) is 9.95. The van der Waals surface area contributed by atoms with Crippen molar-refractivity contribution in [2.45, 2.75) is 44.6 Å². The molecular weight excluding hydrogens is 382 g/mol. The Labute approximate surface area is 155 Å². The quantitative estimate of drug-likeness (QED) is 0.830. The van der Waals surface area contributed by atoms with Crippen LogP contribution in [0.25, 0.3) is 0 Å². The average Bonchev–Trinajstić information content (AvgIpc) is 3.18. The molecule has 25 heavy (non-hydrogen) atoms. The molecule has 2 bridgehead atoms. The van der Waals surface area contributed by atoms with E-state index in [1.807, 2.05) is 6.20 Å². The summed E-state index contributed by atoms with van der Waals surface area (Å²) in [7, 11) is 0. The highest BCUT2D eigenvalue weighted by Gasteiger charge is 2.48. The lowest BCUT2D eigenvalue weighted by atomic mass is 9.64. The van der Waals surface area contributed by atoms with Crippen LogP contribution in [0.4, 0.5) is 5.82 Å². The van der Waals surface area contributed by atoms with Crippen molar-refractivity contribution in [3.05, 3.63) is 23.2 Å². The zero-order valence-electron chi connectivity index (χ0n) is 14.0. The Kier molecular flexibility index (Phi) is 3.73. The second-order valence-corrected chi connectivity index (χ2v) is 8.68. The maximum absolute atomic E-state index is 5.84. The largest absolute Gasteiger partial charge is 0.433 e. The van der Waals surface area contributed by atoms with E-state index in [0.717, 1.165) is 23.7 Å². The lowest BCUT2D eigenvalue weighted by molar-refractivity contribution is 0.0848. The van der Waals surface area contributed by atoms with Gasteiger partial charge in [0.2, 0.25) is 0 Å². The smallest absolute Gasteiger partial charge is 0.263 e. The second kappa shape index (κ2) is 5.97. The molecule has 2 N–H and O–H groups in total. The summed E-state index contributed by atoms with van der Waals surface area (Å²) < 4.78 is 8.48. The van der Waals surface area contributed by atoms with E-state index < -0.39 is 0 Å². The fraction of sp³-hybridized carbons (Fsp3) is 0.611. The maximum atomic E-state index is 5.84. The molecule has 5 rings (SSSR count). The van der Waals surface area contributed by atoms with Crippen LogP contribution in [0.3, 0.4) is 0 Å². The predicted octanol–water partition coefficient (Wildman–Crippen LogP) is 4.20. The minimum atomic E-state index is 0.277. The van der Waals surface area contributed by atoms with Gasteiger partial charge in [0.15, 0.2) is 11.6 Å². The van der Waals surface area contributed by atoms with Gasteiger partial charge in [-0.2, -0.15) is 5.10 Å². The van der Waals surface area contributed by atoms with Crippen molar-refractivity contribution < 1.29 is 4.74 Å². The third-order valence-electron chi connectivity index (χ3n) is 6.44. The standard InChI is InChI=1S/C18H22BrN5O/c19-16-8-21-17(20)18(23-16)25-14-7-22-24(9-14)13-2-1-11-6-12-3-10(4-13)5-15(11)12/h7-13,15H,1-6H2,(H2,20,21)/t10-,11+,12?,13+,15?/m1/s1. The van der Waals surface area contributed by atoms with Crippen LogP contribution in [-0.2, 0) is 0 Å². The minimum absolute atomic E-state index is 0.277. The highest BCUT2D eigenvalue weighted by Crippen LogP contribution is 2.58. The molecule has 3 saturated carbocycles. The highest BCUT2D eigenvalue weighted by molar-refractivity contribution is 9.10. The number of halogens is 1. The van der Waals surface area contributed by atoms with Gasteiger partial charge in [0.25, 0.3) is 5.88 Å². The van der Waals surface area contributed by atoms with Gasteiger partial charge in [0.05, 0.1) is 24.6 Å². The molecule has 2 aromatic rings. The third kappa shape index (κ3) is 2.82. The molecule has 0 aromatic carbocycles. The molecule has 0 amide bonds. The Hall–Kier alpha value is -1.63. The predicted molar refractivity (Wildman–Crippen MR) is 97.1 cm³/mol. The van der Waals surface area contributed by atoms with Crippen LogP contribution in [0.1, 0.15) is 44.6 Å². The number of anilines is 1. The Bertz CT molecular complexity index is 794. The van der Waals surface area contributed by atoms with Gasteiger partial charge in [-0.1, -0.05) is 0 Å². The first kappa shape index (κ1) is 15.6. The molecule has 0 aliphatic heterocycles. The summed E-state index contributed by atoms with van der Waals surface area (Å²) in [5.74, 6) is 5.18. The van der Waals surface area contributed by atoms with E-state index in [2.05, 4.69) is 35.7 Å². The van der Waals surface area contributed by atoms with E-state index in [0.29, 0.717) is 22.3 Å². The van der Waals surface area contributed by atoms with Crippen LogP contribution in [0, 0.1) is 23.7 Å². The van der Waals surface area contributed by atoms with E-state index in [-0.39, 0.29) is 5.82 Å². The van der Waals surface area contributed by atoms with Crippen LogP contribution in [0.2, 0.25) is 0 Å². The fourth-order valence-corrected chi connectivity index (χ4v) is 5.55. The van der Waals surface area contributed by atoms with Crippen molar-refractivity contribution in [1.29, 1.82) is 0 Å². The zero-order chi connectivity index (χ0) is 17.0. The number of hydrogen-bond acceptors (Lipinski definition) is 5. The molecule has 0 radical (unpaired) electrons. The summed E-state index contributed by atoms with van der Waals surface area (Å²) in [5.41, 5.74) is 5.84. The van der Waals surface area contributed by atoms with Gasteiger partial charge >= 0.3 is 0 Å². The summed E-state index contributed by atoms with van der Waals surface area (Å²) >= 11 is 3.29. The van der Waals surface area contributed by atoms with Crippen LogP contribution >= 0.6 is 15.9 Å². The Balaban J connectivity index is 1.33. The van der Waals surface area contributed by atoms with Crippen molar-refractivity contribution in [3.63, 3.8) is 0 Å². The summed E-state index contributed by atoms with van der Waals surface area (Å²) in [6.07, 6.45) is 13.5. The average molecular weight is 404 g/mol. The van der Waals surface area contributed by atoms with Crippen molar-refractivity contribution >= 4 is 21.7 Å². The second-order valence-electron chi connectivity index (χ2n) is 7.87. The van der Waals surface area contributed by atoms with Crippen molar-refractivity contribution in [2.24, 2.45) is 23.7 Å². The first-order valence-electron chi connectivity index (χ1n) is 9.15. The lowest BCUT2D eigenvalue weighted by Gasteiger charge is -2.41.